The number of likely N-dealkylation sites (tertiary alicyclic amines) is 2. The molecule has 1 amide bonds. The number of hydrogen-bond acceptors (Lipinski definition) is 5. The van der Waals surface area contributed by atoms with Crippen LogP contribution in [0.25, 0.3) is 0 Å². The van der Waals surface area contributed by atoms with E-state index < -0.39 is 0 Å². The Bertz CT molecular complexity index is 1030. The summed E-state index contributed by atoms with van der Waals surface area (Å²) in [6.07, 6.45) is 15.1. The fourth-order valence-electron chi connectivity index (χ4n) is 8.91. The molecule has 1 aromatic rings. The van der Waals surface area contributed by atoms with E-state index in [1.807, 2.05) is 0 Å². The molecule has 1 unspecified atom stereocenters. The first kappa shape index (κ1) is 25.5. The summed E-state index contributed by atoms with van der Waals surface area (Å²) in [7, 11) is 0. The van der Waals surface area contributed by atoms with Gasteiger partial charge in [-0.05, 0) is 75.2 Å². The Labute approximate surface area is 233 Å². The lowest BCUT2D eigenvalue weighted by molar-refractivity contribution is -0.143. The summed E-state index contributed by atoms with van der Waals surface area (Å²) in [5.74, 6) is 1.81. The number of hydrogen-bond donors (Lipinski definition) is 2. The molecular weight excluding hydrogens is 488 g/mol. The van der Waals surface area contributed by atoms with Crippen LogP contribution >= 0.6 is 11.8 Å². The maximum Gasteiger partial charge on any atom is 0.228 e. The average molecular weight is 535 g/mol. The summed E-state index contributed by atoms with van der Waals surface area (Å²) in [5, 5.41) is 7.67. The van der Waals surface area contributed by atoms with Crippen molar-refractivity contribution in [2.75, 3.05) is 32.7 Å². The number of thioether (sulfide) groups is 1. The van der Waals surface area contributed by atoms with Crippen molar-refractivity contribution in [3.63, 3.8) is 0 Å². The van der Waals surface area contributed by atoms with Gasteiger partial charge in [0.1, 0.15) is 5.50 Å². The smallest absolute Gasteiger partial charge is 0.228 e. The van der Waals surface area contributed by atoms with Crippen LogP contribution in [-0.4, -0.2) is 60.0 Å². The molecule has 4 fully saturated rings. The molecule has 0 radical (unpaired) electrons. The quantitative estimate of drug-likeness (QED) is 0.522. The van der Waals surface area contributed by atoms with Gasteiger partial charge in [0, 0.05) is 54.8 Å². The first-order valence-electron chi connectivity index (χ1n) is 15.7. The van der Waals surface area contributed by atoms with Crippen LogP contribution in [-0.2, 0) is 4.79 Å². The second-order valence-electron chi connectivity index (χ2n) is 13.0. The fraction of sp³-hybridized carbons (Fsp3) is 0.719. The normalized spacial score (nSPS) is 36.6. The van der Waals surface area contributed by atoms with E-state index in [0.717, 1.165) is 45.3 Å². The number of piperidine rings is 1. The lowest BCUT2D eigenvalue weighted by atomic mass is 9.69. The largest absolute Gasteiger partial charge is 0.364 e. The molecule has 2 N–H and O–H groups in total. The standard InChI is InChI=1S/C32H46N4OS/c37-30(36-19-15-25(23-10-3-1-4-11-23)20-28(36)24-12-5-2-6-13-24)26-21-33-22-32(26)16-9-14-27-29(32)38-31(34-27)35-17-7-8-18-35/h1,3-4,10-11,24-26,28,31,33-34H,2,5-9,12-22H2/t25-,26+,28+,31?,32-/m1/s1. The second kappa shape index (κ2) is 10.8. The molecule has 1 spiro atoms. The SMILES string of the molecule is O=C([C@@H]1CNC[C@]12CCCC1=C2SC(N2CCCC2)N1)N1CC[C@@H](c2ccccc2)C[C@H]1C1CCCCC1. The topological polar surface area (TPSA) is 47.6 Å². The molecule has 38 heavy (non-hydrogen) atoms. The summed E-state index contributed by atoms with van der Waals surface area (Å²) in [4.78, 5) is 21.3. The van der Waals surface area contributed by atoms with Gasteiger partial charge in [-0.25, -0.2) is 0 Å². The molecule has 5 atom stereocenters. The van der Waals surface area contributed by atoms with Gasteiger partial charge in [-0.3, -0.25) is 9.69 Å². The van der Waals surface area contributed by atoms with Crippen molar-refractivity contribution in [1.82, 2.24) is 20.4 Å². The number of carbonyl (C=O) groups excluding carboxylic acids is 1. The zero-order chi connectivity index (χ0) is 25.5. The van der Waals surface area contributed by atoms with Crippen molar-refractivity contribution in [2.45, 2.75) is 94.5 Å². The molecule has 0 aromatic heterocycles. The molecule has 206 valence electrons. The number of nitrogens with one attached hydrogen (secondary N) is 2. The Morgan fingerprint density at radius 1 is 0.947 bits per heavy atom. The van der Waals surface area contributed by atoms with E-state index in [4.69, 9.17) is 0 Å². The Hall–Kier alpha value is -1.50. The molecule has 4 aliphatic heterocycles. The zero-order valence-electron chi connectivity index (χ0n) is 23.0. The average Bonchev–Trinajstić information content (AvgIpc) is 3.74. The lowest BCUT2D eigenvalue weighted by Gasteiger charge is -2.48. The van der Waals surface area contributed by atoms with Crippen LogP contribution in [0.3, 0.4) is 0 Å². The van der Waals surface area contributed by atoms with Crippen LogP contribution in [0.2, 0.25) is 0 Å². The molecule has 6 heteroatoms. The van der Waals surface area contributed by atoms with E-state index in [1.54, 1.807) is 0 Å². The lowest BCUT2D eigenvalue weighted by Crippen LogP contribution is -2.54. The first-order chi connectivity index (χ1) is 18.7. The minimum Gasteiger partial charge on any atom is -0.364 e. The van der Waals surface area contributed by atoms with Crippen LogP contribution in [0.4, 0.5) is 0 Å². The highest BCUT2D eigenvalue weighted by Crippen LogP contribution is 2.57. The molecular formula is C32H46N4OS. The van der Waals surface area contributed by atoms with E-state index >= 15 is 0 Å². The first-order valence-corrected chi connectivity index (χ1v) is 16.6. The predicted molar refractivity (Wildman–Crippen MR) is 155 cm³/mol. The summed E-state index contributed by atoms with van der Waals surface area (Å²) in [6, 6.07) is 11.5. The Kier molecular flexibility index (Phi) is 7.25. The third-order valence-corrected chi connectivity index (χ3v) is 12.5. The summed E-state index contributed by atoms with van der Waals surface area (Å²) in [6.45, 7) is 5.16. The monoisotopic (exact) mass is 534 g/mol. The molecule has 2 aliphatic carbocycles. The molecule has 1 aromatic carbocycles. The van der Waals surface area contributed by atoms with E-state index in [1.165, 1.54) is 80.6 Å². The Morgan fingerprint density at radius 3 is 2.58 bits per heavy atom. The second-order valence-corrected chi connectivity index (χ2v) is 14.1. The molecule has 1 saturated carbocycles. The molecule has 4 heterocycles. The minimum atomic E-state index is -0.00972. The van der Waals surface area contributed by atoms with Gasteiger partial charge in [0.15, 0.2) is 0 Å². The third kappa shape index (κ3) is 4.53. The highest BCUT2D eigenvalue weighted by molar-refractivity contribution is 8.03. The van der Waals surface area contributed by atoms with Gasteiger partial charge in [-0.15, -0.1) is 0 Å². The number of nitrogens with zero attached hydrogens (tertiary/aromatic N) is 2. The van der Waals surface area contributed by atoms with Crippen LogP contribution in [0, 0.1) is 17.3 Å². The van der Waals surface area contributed by atoms with Crippen LogP contribution in [0.1, 0.15) is 88.5 Å². The van der Waals surface area contributed by atoms with E-state index in [2.05, 4.69) is 62.5 Å². The number of rotatable bonds is 4. The summed E-state index contributed by atoms with van der Waals surface area (Å²) in [5.41, 5.74) is 3.31. The maximum absolute atomic E-state index is 14.7. The van der Waals surface area contributed by atoms with Gasteiger partial charge in [-0.1, -0.05) is 61.4 Å². The van der Waals surface area contributed by atoms with Gasteiger partial charge in [0.05, 0.1) is 5.92 Å². The fourth-order valence-corrected chi connectivity index (χ4v) is 10.6. The van der Waals surface area contributed by atoms with E-state index in [0.29, 0.717) is 29.3 Å². The Balaban J connectivity index is 1.14. The van der Waals surface area contributed by atoms with E-state index in [9.17, 15) is 4.79 Å². The van der Waals surface area contributed by atoms with Gasteiger partial charge in [0.2, 0.25) is 5.91 Å². The van der Waals surface area contributed by atoms with Crippen molar-refractivity contribution in [3.05, 3.63) is 46.5 Å². The molecule has 7 rings (SSSR count). The highest BCUT2D eigenvalue weighted by atomic mass is 32.2. The van der Waals surface area contributed by atoms with Crippen LogP contribution in [0.15, 0.2) is 40.9 Å². The van der Waals surface area contributed by atoms with Crippen molar-refractivity contribution in [2.24, 2.45) is 17.3 Å². The number of amides is 1. The number of fused-ring (bicyclic) bond motifs is 1. The van der Waals surface area contributed by atoms with Crippen molar-refractivity contribution >= 4 is 17.7 Å². The van der Waals surface area contributed by atoms with Gasteiger partial charge in [-0.2, -0.15) is 0 Å². The van der Waals surface area contributed by atoms with E-state index in [-0.39, 0.29) is 11.3 Å². The molecule has 3 saturated heterocycles. The van der Waals surface area contributed by atoms with Crippen molar-refractivity contribution in [1.29, 1.82) is 0 Å². The summed E-state index contributed by atoms with van der Waals surface area (Å²) >= 11 is 2.07. The zero-order valence-corrected chi connectivity index (χ0v) is 23.8. The van der Waals surface area contributed by atoms with Gasteiger partial charge in [0.25, 0.3) is 0 Å². The number of benzene rings is 1. The highest BCUT2D eigenvalue weighted by Gasteiger charge is 2.55. The maximum atomic E-state index is 14.7. The van der Waals surface area contributed by atoms with Crippen LogP contribution < -0.4 is 10.6 Å². The predicted octanol–water partition coefficient (Wildman–Crippen LogP) is 5.66. The van der Waals surface area contributed by atoms with Crippen molar-refractivity contribution < 1.29 is 4.79 Å². The molecule has 5 nitrogen and oxygen atoms in total. The Morgan fingerprint density at radius 2 is 1.76 bits per heavy atom. The number of allylic oxidation sites excluding steroid dienone is 1. The van der Waals surface area contributed by atoms with Gasteiger partial charge >= 0.3 is 0 Å². The minimum absolute atomic E-state index is 0.00972. The third-order valence-electron chi connectivity index (χ3n) is 10.9. The van der Waals surface area contributed by atoms with Gasteiger partial charge < -0.3 is 15.5 Å². The molecule has 0 bridgehead atoms. The summed E-state index contributed by atoms with van der Waals surface area (Å²) < 4.78 is 0. The van der Waals surface area contributed by atoms with Crippen molar-refractivity contribution in [3.8, 4) is 0 Å². The number of carbonyl (C=O) groups is 1. The van der Waals surface area contributed by atoms with Crippen LogP contribution in [0.5, 0.6) is 0 Å². The molecule has 6 aliphatic rings.